The fourth-order valence-corrected chi connectivity index (χ4v) is 1.51. The van der Waals surface area contributed by atoms with Gasteiger partial charge in [-0.2, -0.15) is 0 Å². The van der Waals surface area contributed by atoms with Crippen molar-refractivity contribution in [2.75, 3.05) is 5.73 Å². The van der Waals surface area contributed by atoms with Crippen molar-refractivity contribution in [2.24, 2.45) is 5.73 Å². The molecule has 0 aromatic carbocycles. The van der Waals surface area contributed by atoms with Crippen LogP contribution in [0.1, 0.15) is 10.4 Å². The first-order valence-electron chi connectivity index (χ1n) is 4.65. The van der Waals surface area contributed by atoms with Crippen LogP contribution >= 0.6 is 0 Å². The highest BCUT2D eigenvalue weighted by molar-refractivity contribution is 6.03. The van der Waals surface area contributed by atoms with E-state index in [1.165, 1.54) is 6.20 Å². The number of nitrogen functional groups attached to an aromatic ring is 1. The second kappa shape index (κ2) is 3.98. The number of primary amides is 1. The minimum absolute atomic E-state index is 0.141. The van der Waals surface area contributed by atoms with Crippen LogP contribution in [0.25, 0.3) is 11.1 Å². The smallest absolute Gasteiger partial charge is 0.253 e. The molecule has 0 aliphatic heterocycles. The molecule has 4 N–H and O–H groups in total. The van der Waals surface area contributed by atoms with Crippen molar-refractivity contribution >= 4 is 11.7 Å². The molecule has 2 aromatic heterocycles. The Morgan fingerprint density at radius 3 is 2.44 bits per heavy atom. The number of carbonyl (C=O) groups excluding carboxylic acids is 1. The van der Waals surface area contributed by atoms with E-state index in [2.05, 4.69) is 9.97 Å². The Labute approximate surface area is 92.1 Å². The summed E-state index contributed by atoms with van der Waals surface area (Å²) in [6, 6.07) is 5.26. The van der Waals surface area contributed by atoms with Gasteiger partial charge in [-0.05, 0) is 29.3 Å². The van der Waals surface area contributed by atoms with Gasteiger partial charge in [0.1, 0.15) is 5.82 Å². The fourth-order valence-electron chi connectivity index (χ4n) is 1.51. The Balaban J connectivity index is 2.66. The highest BCUT2D eigenvalue weighted by Gasteiger charge is 2.13. The van der Waals surface area contributed by atoms with Crippen molar-refractivity contribution in [3.05, 3.63) is 42.4 Å². The maximum absolute atomic E-state index is 11.3. The van der Waals surface area contributed by atoms with E-state index in [1.54, 1.807) is 30.6 Å². The standard InChI is InChI=1S/C11H10N4O/c12-10-9(11(13)16)8(3-6-15-10)7-1-4-14-5-2-7/h1-6H,(H2,12,15)(H2,13,16). The first kappa shape index (κ1) is 10.1. The molecule has 80 valence electrons. The van der Waals surface area contributed by atoms with Crippen molar-refractivity contribution in [1.29, 1.82) is 0 Å². The fraction of sp³-hybridized carbons (Fsp3) is 0. The molecule has 2 aromatic rings. The molecule has 5 heteroatoms. The Hall–Kier alpha value is -2.43. The number of hydrogen-bond donors (Lipinski definition) is 2. The maximum Gasteiger partial charge on any atom is 0.253 e. The van der Waals surface area contributed by atoms with Crippen LogP contribution in [0.15, 0.2) is 36.8 Å². The average molecular weight is 214 g/mol. The Kier molecular flexibility index (Phi) is 2.51. The van der Waals surface area contributed by atoms with Gasteiger partial charge in [0.2, 0.25) is 0 Å². The number of nitrogens with zero attached hydrogens (tertiary/aromatic N) is 2. The van der Waals surface area contributed by atoms with Crippen molar-refractivity contribution in [3.8, 4) is 11.1 Å². The summed E-state index contributed by atoms with van der Waals surface area (Å²) in [5, 5.41) is 0. The van der Waals surface area contributed by atoms with Crippen LogP contribution in [0.3, 0.4) is 0 Å². The number of pyridine rings is 2. The number of aromatic nitrogens is 2. The molecule has 0 spiro atoms. The van der Waals surface area contributed by atoms with E-state index in [-0.39, 0.29) is 11.4 Å². The van der Waals surface area contributed by atoms with Gasteiger partial charge < -0.3 is 11.5 Å². The van der Waals surface area contributed by atoms with Crippen LogP contribution < -0.4 is 11.5 Å². The zero-order valence-electron chi connectivity index (χ0n) is 8.42. The molecule has 0 atom stereocenters. The number of amides is 1. The molecule has 2 heterocycles. The van der Waals surface area contributed by atoms with Gasteiger partial charge >= 0.3 is 0 Å². The molecule has 0 unspecified atom stereocenters. The lowest BCUT2D eigenvalue weighted by Crippen LogP contribution is -2.15. The number of carbonyl (C=O) groups is 1. The van der Waals surface area contributed by atoms with Crippen molar-refractivity contribution < 1.29 is 4.79 Å². The largest absolute Gasteiger partial charge is 0.383 e. The van der Waals surface area contributed by atoms with E-state index in [4.69, 9.17) is 11.5 Å². The number of nitrogens with two attached hydrogens (primary N) is 2. The van der Waals surface area contributed by atoms with Gasteiger partial charge in [0.05, 0.1) is 5.56 Å². The van der Waals surface area contributed by atoms with Crippen molar-refractivity contribution in [2.45, 2.75) is 0 Å². The zero-order valence-corrected chi connectivity index (χ0v) is 8.42. The van der Waals surface area contributed by atoms with Crippen molar-refractivity contribution in [3.63, 3.8) is 0 Å². The molecule has 0 radical (unpaired) electrons. The van der Waals surface area contributed by atoms with Gasteiger partial charge in [-0.1, -0.05) is 0 Å². The lowest BCUT2D eigenvalue weighted by atomic mass is 10.0. The summed E-state index contributed by atoms with van der Waals surface area (Å²) < 4.78 is 0. The minimum atomic E-state index is -0.586. The first-order valence-corrected chi connectivity index (χ1v) is 4.65. The summed E-state index contributed by atoms with van der Waals surface area (Å²) in [4.78, 5) is 19.1. The SMILES string of the molecule is NC(=O)c1c(-c2ccncc2)ccnc1N. The van der Waals surface area contributed by atoms with Gasteiger partial charge in [-0.25, -0.2) is 4.98 Å². The third-order valence-corrected chi connectivity index (χ3v) is 2.22. The Morgan fingerprint density at radius 2 is 1.81 bits per heavy atom. The van der Waals surface area contributed by atoms with Crippen LogP contribution in [-0.4, -0.2) is 15.9 Å². The second-order valence-electron chi connectivity index (χ2n) is 3.22. The molecular weight excluding hydrogens is 204 g/mol. The summed E-state index contributed by atoms with van der Waals surface area (Å²) in [5.74, 6) is -0.445. The lowest BCUT2D eigenvalue weighted by Gasteiger charge is -2.08. The second-order valence-corrected chi connectivity index (χ2v) is 3.22. The van der Waals surface area contributed by atoms with Crippen LogP contribution in [-0.2, 0) is 0 Å². The summed E-state index contributed by atoms with van der Waals surface area (Å²) in [7, 11) is 0. The molecule has 0 aliphatic rings. The van der Waals surface area contributed by atoms with E-state index in [9.17, 15) is 4.79 Å². The van der Waals surface area contributed by atoms with Crippen molar-refractivity contribution in [1.82, 2.24) is 9.97 Å². The Bertz CT molecular complexity index is 525. The predicted octanol–water partition coefficient (Wildman–Crippen LogP) is 0.825. The van der Waals surface area contributed by atoms with E-state index in [0.29, 0.717) is 5.56 Å². The monoisotopic (exact) mass is 214 g/mol. The van der Waals surface area contributed by atoms with Crippen LogP contribution in [0.2, 0.25) is 0 Å². The summed E-state index contributed by atoms with van der Waals surface area (Å²) in [6.45, 7) is 0. The third kappa shape index (κ3) is 1.70. The first-order chi connectivity index (χ1) is 7.70. The molecule has 0 saturated carbocycles. The molecule has 0 bridgehead atoms. The molecule has 0 aliphatic carbocycles. The average Bonchev–Trinajstić information content (AvgIpc) is 2.29. The Morgan fingerprint density at radius 1 is 1.12 bits per heavy atom. The van der Waals surface area contributed by atoms with Crippen LogP contribution in [0.5, 0.6) is 0 Å². The molecule has 16 heavy (non-hydrogen) atoms. The highest BCUT2D eigenvalue weighted by atomic mass is 16.1. The lowest BCUT2D eigenvalue weighted by molar-refractivity contribution is 0.100. The molecule has 1 amide bonds. The predicted molar refractivity (Wildman–Crippen MR) is 60.4 cm³/mol. The van der Waals surface area contributed by atoms with E-state index in [1.807, 2.05) is 0 Å². The van der Waals surface area contributed by atoms with Gasteiger partial charge in [0, 0.05) is 18.6 Å². The minimum Gasteiger partial charge on any atom is -0.383 e. The van der Waals surface area contributed by atoms with Crippen LogP contribution in [0.4, 0.5) is 5.82 Å². The number of anilines is 1. The number of hydrogen-bond acceptors (Lipinski definition) is 4. The molecule has 0 fully saturated rings. The topological polar surface area (TPSA) is 94.9 Å². The normalized spacial score (nSPS) is 10.0. The molecule has 5 nitrogen and oxygen atoms in total. The third-order valence-electron chi connectivity index (χ3n) is 2.22. The molecular formula is C11H10N4O. The summed E-state index contributed by atoms with van der Waals surface area (Å²) in [5.41, 5.74) is 12.7. The van der Waals surface area contributed by atoms with Gasteiger partial charge in [-0.3, -0.25) is 9.78 Å². The van der Waals surface area contributed by atoms with E-state index in [0.717, 1.165) is 5.56 Å². The van der Waals surface area contributed by atoms with E-state index >= 15 is 0 Å². The molecule has 2 rings (SSSR count). The summed E-state index contributed by atoms with van der Waals surface area (Å²) in [6.07, 6.45) is 4.81. The number of rotatable bonds is 2. The zero-order chi connectivity index (χ0) is 11.5. The quantitative estimate of drug-likeness (QED) is 0.773. The summed E-state index contributed by atoms with van der Waals surface area (Å²) >= 11 is 0. The van der Waals surface area contributed by atoms with Gasteiger partial charge in [-0.15, -0.1) is 0 Å². The van der Waals surface area contributed by atoms with E-state index < -0.39 is 5.91 Å². The highest BCUT2D eigenvalue weighted by Crippen LogP contribution is 2.25. The van der Waals surface area contributed by atoms with Gasteiger partial charge in [0.15, 0.2) is 0 Å². The van der Waals surface area contributed by atoms with Gasteiger partial charge in [0.25, 0.3) is 5.91 Å². The molecule has 0 saturated heterocycles. The maximum atomic E-state index is 11.3. The van der Waals surface area contributed by atoms with Crippen LogP contribution in [0, 0.1) is 0 Å².